The second-order valence-corrected chi connectivity index (χ2v) is 7.35. The van der Waals surface area contributed by atoms with Crippen LogP contribution < -0.4 is 0 Å². The summed E-state index contributed by atoms with van der Waals surface area (Å²) in [6.45, 7) is 7.66. The van der Waals surface area contributed by atoms with E-state index in [1.807, 2.05) is 18.7 Å². The highest BCUT2D eigenvalue weighted by Crippen LogP contribution is 2.35. The van der Waals surface area contributed by atoms with E-state index in [9.17, 15) is 18.3 Å². The lowest BCUT2D eigenvalue weighted by atomic mass is 10.1. The third-order valence-electron chi connectivity index (χ3n) is 4.17. The van der Waals surface area contributed by atoms with E-state index in [0.29, 0.717) is 6.54 Å². The first kappa shape index (κ1) is 19.3. The van der Waals surface area contributed by atoms with Gasteiger partial charge in [0.1, 0.15) is 0 Å². The van der Waals surface area contributed by atoms with Gasteiger partial charge < -0.3 is 14.7 Å². The molecule has 138 valence electrons. The molecular weight excluding hydrogens is 344 g/mol. The van der Waals surface area contributed by atoms with Gasteiger partial charge in [-0.25, -0.2) is 13.2 Å². The van der Waals surface area contributed by atoms with Gasteiger partial charge in [-0.15, -0.1) is 0 Å². The maximum atomic E-state index is 13.0. The number of benzene rings is 1. The van der Waals surface area contributed by atoms with Crippen LogP contribution in [0.4, 0.5) is 0 Å². The lowest BCUT2D eigenvalue weighted by Crippen LogP contribution is -2.43. The van der Waals surface area contributed by atoms with E-state index in [1.54, 1.807) is 19.1 Å². The predicted octanol–water partition coefficient (Wildman–Crippen LogP) is 1.82. The number of aliphatic hydroxyl groups excluding tert-OH is 1. The van der Waals surface area contributed by atoms with Crippen molar-refractivity contribution in [3.8, 4) is 0 Å². The fraction of sp³-hybridized carbons (Fsp3) is 0.471. The van der Waals surface area contributed by atoms with E-state index in [0.717, 1.165) is 17.4 Å². The molecule has 1 heterocycles. The molecule has 0 saturated heterocycles. The monoisotopic (exact) mass is 368 g/mol. The Morgan fingerprint density at radius 3 is 2.44 bits per heavy atom. The first-order chi connectivity index (χ1) is 11.9. The third kappa shape index (κ3) is 3.64. The highest BCUT2D eigenvalue weighted by atomic mass is 32.2. The maximum Gasteiger partial charge on any atom is 0.359 e. The van der Waals surface area contributed by atoms with Crippen LogP contribution in [0.1, 0.15) is 26.3 Å². The normalized spacial score (nSPS) is 16.1. The quantitative estimate of drug-likeness (QED) is 0.739. The Hall–Kier alpha value is -2.06. The largest absolute Gasteiger partial charge is 0.505 e. The Balaban J connectivity index is 2.54. The van der Waals surface area contributed by atoms with E-state index in [1.165, 1.54) is 12.1 Å². The van der Waals surface area contributed by atoms with Gasteiger partial charge in [-0.2, -0.15) is 0 Å². The topological polar surface area (TPSA) is 87.1 Å². The van der Waals surface area contributed by atoms with Crippen molar-refractivity contribution in [2.75, 3.05) is 32.8 Å². The molecule has 1 aliphatic rings. The summed E-state index contributed by atoms with van der Waals surface area (Å²) in [5.41, 5.74) is -0.211. The summed E-state index contributed by atoms with van der Waals surface area (Å²) in [6, 6.07) is 6.09. The van der Waals surface area contributed by atoms with Crippen molar-refractivity contribution in [3.63, 3.8) is 0 Å². The summed E-state index contributed by atoms with van der Waals surface area (Å²) in [7, 11) is -3.95. The number of carbonyl (C=O) groups excluding carboxylic acids is 1. The van der Waals surface area contributed by atoms with E-state index in [4.69, 9.17) is 4.74 Å². The number of hydrogen-bond acceptors (Lipinski definition) is 6. The number of rotatable bonds is 7. The van der Waals surface area contributed by atoms with Crippen LogP contribution in [0.25, 0.3) is 5.76 Å². The van der Waals surface area contributed by atoms with Crippen molar-refractivity contribution in [2.45, 2.75) is 25.7 Å². The molecule has 0 aliphatic carbocycles. The van der Waals surface area contributed by atoms with Crippen molar-refractivity contribution >= 4 is 21.8 Å². The Kier molecular flexibility index (Phi) is 6.07. The van der Waals surface area contributed by atoms with Crippen LogP contribution in [0.5, 0.6) is 0 Å². The molecule has 0 bridgehead atoms. The predicted molar refractivity (Wildman–Crippen MR) is 94.3 cm³/mol. The van der Waals surface area contributed by atoms with E-state index >= 15 is 0 Å². The average molecular weight is 368 g/mol. The minimum atomic E-state index is -3.95. The van der Waals surface area contributed by atoms with Crippen molar-refractivity contribution < 1.29 is 23.1 Å². The highest BCUT2D eigenvalue weighted by Gasteiger charge is 2.40. The van der Waals surface area contributed by atoms with E-state index < -0.39 is 16.0 Å². The first-order valence-electron chi connectivity index (χ1n) is 8.33. The molecule has 1 aromatic rings. The lowest BCUT2D eigenvalue weighted by molar-refractivity contribution is -0.139. The SMILES string of the molecule is CCOC(=O)C1=C(O)c2ccccc2S(=O)(=O)N1CCN(CC)CC. The summed E-state index contributed by atoms with van der Waals surface area (Å²) in [5, 5.41) is 10.6. The molecule has 7 nitrogen and oxygen atoms in total. The Morgan fingerprint density at radius 2 is 1.84 bits per heavy atom. The Morgan fingerprint density at radius 1 is 1.20 bits per heavy atom. The van der Waals surface area contributed by atoms with Crippen molar-refractivity contribution in [1.82, 2.24) is 9.21 Å². The van der Waals surface area contributed by atoms with Crippen LogP contribution in [0.3, 0.4) is 0 Å². The van der Waals surface area contributed by atoms with Gasteiger partial charge in [-0.3, -0.25) is 4.31 Å². The summed E-state index contributed by atoms with van der Waals surface area (Å²) >= 11 is 0. The number of sulfonamides is 1. The molecule has 25 heavy (non-hydrogen) atoms. The van der Waals surface area contributed by atoms with Crippen LogP contribution in [0, 0.1) is 0 Å². The number of aliphatic hydroxyl groups is 1. The van der Waals surface area contributed by atoms with Crippen LogP contribution in [0.2, 0.25) is 0 Å². The van der Waals surface area contributed by atoms with Crippen LogP contribution in [-0.2, 0) is 19.6 Å². The van der Waals surface area contributed by atoms with E-state index in [2.05, 4.69) is 0 Å². The maximum absolute atomic E-state index is 13.0. The number of fused-ring (bicyclic) bond motifs is 1. The Bertz CT molecular complexity index is 769. The average Bonchev–Trinajstić information content (AvgIpc) is 2.60. The zero-order valence-electron chi connectivity index (χ0n) is 14.7. The molecule has 0 amide bonds. The lowest BCUT2D eigenvalue weighted by Gasteiger charge is -2.32. The van der Waals surface area contributed by atoms with Gasteiger partial charge in [-0.1, -0.05) is 26.0 Å². The van der Waals surface area contributed by atoms with Gasteiger partial charge in [0.05, 0.1) is 11.5 Å². The fourth-order valence-electron chi connectivity index (χ4n) is 2.77. The van der Waals surface area contributed by atoms with Crippen LogP contribution in [-0.4, -0.2) is 61.5 Å². The molecule has 0 spiro atoms. The van der Waals surface area contributed by atoms with Crippen LogP contribution >= 0.6 is 0 Å². The summed E-state index contributed by atoms with van der Waals surface area (Å²) in [6.07, 6.45) is 0. The van der Waals surface area contributed by atoms with Crippen LogP contribution in [0.15, 0.2) is 34.9 Å². The number of likely N-dealkylation sites (N-methyl/N-ethyl adjacent to an activating group) is 1. The van der Waals surface area contributed by atoms with E-state index in [-0.39, 0.29) is 35.1 Å². The summed E-state index contributed by atoms with van der Waals surface area (Å²) in [5.74, 6) is -1.22. The standard InChI is InChI=1S/C17H24N2O5S/c1-4-18(5-2)11-12-19-15(17(21)24-6-3)16(20)13-9-7-8-10-14(13)25(19,22)23/h7-10,20H,4-6,11-12H2,1-3H3. The number of ether oxygens (including phenoxy) is 1. The molecule has 1 N–H and O–H groups in total. The molecule has 0 saturated carbocycles. The zero-order valence-corrected chi connectivity index (χ0v) is 15.5. The van der Waals surface area contributed by atoms with Gasteiger partial charge >= 0.3 is 5.97 Å². The van der Waals surface area contributed by atoms with Gasteiger partial charge in [0.25, 0.3) is 10.0 Å². The second-order valence-electron chi connectivity index (χ2n) is 5.52. The highest BCUT2D eigenvalue weighted by molar-refractivity contribution is 7.89. The minimum Gasteiger partial charge on any atom is -0.505 e. The number of nitrogens with zero attached hydrogens (tertiary/aromatic N) is 2. The first-order valence-corrected chi connectivity index (χ1v) is 9.77. The number of carbonyl (C=O) groups is 1. The second kappa shape index (κ2) is 7.88. The molecule has 0 radical (unpaired) electrons. The third-order valence-corrected chi connectivity index (χ3v) is 6.02. The fourth-order valence-corrected chi connectivity index (χ4v) is 4.43. The van der Waals surface area contributed by atoms with Crippen molar-refractivity contribution in [2.24, 2.45) is 0 Å². The van der Waals surface area contributed by atoms with Gasteiger partial charge in [0.2, 0.25) is 0 Å². The number of esters is 1. The molecule has 0 aromatic heterocycles. The molecule has 0 atom stereocenters. The smallest absolute Gasteiger partial charge is 0.359 e. The molecular formula is C17H24N2O5S. The number of hydrogen-bond donors (Lipinski definition) is 1. The minimum absolute atomic E-state index is 0.0138. The zero-order chi connectivity index (χ0) is 18.6. The van der Waals surface area contributed by atoms with Crippen molar-refractivity contribution in [1.29, 1.82) is 0 Å². The molecule has 2 rings (SSSR count). The Labute approximate surface area is 148 Å². The summed E-state index contributed by atoms with van der Waals surface area (Å²) in [4.78, 5) is 14.4. The van der Waals surface area contributed by atoms with Gasteiger partial charge in [-0.05, 0) is 32.1 Å². The van der Waals surface area contributed by atoms with Crippen molar-refractivity contribution in [3.05, 3.63) is 35.5 Å². The molecule has 8 heteroatoms. The molecule has 0 unspecified atom stereocenters. The van der Waals surface area contributed by atoms with Gasteiger partial charge in [0, 0.05) is 18.7 Å². The summed E-state index contributed by atoms with van der Waals surface area (Å²) < 4.78 is 32.0. The molecule has 0 fully saturated rings. The molecule has 1 aromatic carbocycles. The van der Waals surface area contributed by atoms with Gasteiger partial charge in [0.15, 0.2) is 11.5 Å². The molecule has 1 aliphatic heterocycles.